The van der Waals surface area contributed by atoms with Crippen LogP contribution < -0.4 is 5.73 Å². The molecule has 1 aliphatic heterocycles. The van der Waals surface area contributed by atoms with Gasteiger partial charge in [0, 0.05) is 59.4 Å². The Morgan fingerprint density at radius 3 is 2.47 bits per heavy atom. The number of hydrogen-bond acceptors (Lipinski definition) is 6. The van der Waals surface area contributed by atoms with Gasteiger partial charge in [0.05, 0.1) is 5.56 Å². The van der Waals surface area contributed by atoms with E-state index in [1.165, 1.54) is 16.4 Å². The lowest BCUT2D eigenvalue weighted by molar-refractivity contribution is 0.103. The third kappa shape index (κ3) is 2.88. The zero-order valence-corrected chi connectivity index (χ0v) is 19.1. The SMILES string of the molecule is CN1CCN(S(=O)(=O)c2cc3c(cc2O)C(C)(C)c2[nH]c4cc(N)ccc4c2C3=O)CC1. The maximum atomic E-state index is 13.6. The van der Waals surface area contributed by atoms with Crippen molar-refractivity contribution in [3.05, 3.63) is 52.7 Å². The largest absolute Gasteiger partial charge is 0.507 e. The number of nitrogens with zero attached hydrogens (tertiary/aromatic N) is 2. The number of aromatic nitrogens is 1. The predicted molar refractivity (Wildman–Crippen MR) is 123 cm³/mol. The van der Waals surface area contributed by atoms with Gasteiger partial charge in [0.2, 0.25) is 10.0 Å². The number of carbonyl (C=O) groups excluding carboxylic acids is 1. The number of nitrogens with one attached hydrogen (secondary N) is 1. The highest BCUT2D eigenvalue weighted by atomic mass is 32.2. The average molecular weight is 455 g/mol. The van der Waals surface area contributed by atoms with E-state index in [4.69, 9.17) is 5.73 Å². The van der Waals surface area contributed by atoms with Crippen molar-refractivity contribution in [2.24, 2.45) is 0 Å². The Morgan fingerprint density at radius 2 is 1.78 bits per heavy atom. The number of sulfonamides is 1. The Labute approximate surface area is 186 Å². The molecule has 3 aromatic rings. The lowest BCUT2D eigenvalue weighted by Crippen LogP contribution is -2.47. The highest BCUT2D eigenvalue weighted by molar-refractivity contribution is 7.89. The molecule has 0 bridgehead atoms. The van der Waals surface area contributed by atoms with Crippen LogP contribution in [0.25, 0.3) is 10.9 Å². The van der Waals surface area contributed by atoms with E-state index in [1.807, 2.05) is 20.9 Å². The fraction of sp³-hybridized carbons (Fsp3) is 0.348. The fourth-order valence-electron chi connectivity index (χ4n) is 4.84. The van der Waals surface area contributed by atoms with Gasteiger partial charge in [0.15, 0.2) is 5.78 Å². The Bertz CT molecular complexity index is 1380. The summed E-state index contributed by atoms with van der Waals surface area (Å²) in [6.07, 6.45) is 0. The standard InChI is InChI=1S/C23H26N4O4S/c1-23(2)16-12-18(28)19(32(30,31)27-8-6-26(3)7-9-27)11-15(16)21(29)20-14-5-4-13(24)10-17(14)25-22(20)23/h4-5,10-12,25,28H,6-9,24H2,1-3H3. The Hall–Kier alpha value is -2.88. The summed E-state index contributed by atoms with van der Waals surface area (Å²) in [5.41, 5.74) is 8.73. The molecule has 0 saturated carbocycles. The molecule has 4 N–H and O–H groups in total. The molecule has 1 aliphatic carbocycles. The van der Waals surface area contributed by atoms with Crippen molar-refractivity contribution in [2.45, 2.75) is 24.2 Å². The molecule has 2 aliphatic rings. The summed E-state index contributed by atoms with van der Waals surface area (Å²) in [6, 6.07) is 8.11. The number of nitrogen functional groups attached to an aromatic ring is 1. The van der Waals surface area contributed by atoms with E-state index in [-0.39, 0.29) is 16.4 Å². The van der Waals surface area contributed by atoms with E-state index in [1.54, 1.807) is 18.2 Å². The molecular weight excluding hydrogens is 428 g/mol. The number of phenols is 1. The van der Waals surface area contributed by atoms with Crippen molar-refractivity contribution in [2.75, 3.05) is 39.0 Å². The zero-order valence-electron chi connectivity index (χ0n) is 18.3. The van der Waals surface area contributed by atoms with Crippen molar-refractivity contribution in [1.82, 2.24) is 14.2 Å². The second-order valence-corrected chi connectivity index (χ2v) is 11.1. The highest BCUT2D eigenvalue weighted by Gasteiger charge is 2.42. The number of aromatic amines is 1. The van der Waals surface area contributed by atoms with Gasteiger partial charge in [0.1, 0.15) is 10.6 Å². The van der Waals surface area contributed by atoms with Crippen LogP contribution in [-0.4, -0.2) is 66.7 Å². The third-order valence-electron chi connectivity index (χ3n) is 6.77. The van der Waals surface area contributed by atoms with Crippen LogP contribution in [0.2, 0.25) is 0 Å². The lowest BCUT2D eigenvalue weighted by atomic mass is 9.71. The average Bonchev–Trinajstić information content (AvgIpc) is 3.12. The number of anilines is 1. The van der Waals surface area contributed by atoms with Crippen LogP contribution in [0.15, 0.2) is 35.2 Å². The molecular formula is C23H26N4O4S. The van der Waals surface area contributed by atoms with E-state index < -0.39 is 15.4 Å². The molecule has 2 aromatic carbocycles. The molecule has 1 fully saturated rings. The summed E-state index contributed by atoms with van der Waals surface area (Å²) in [6.45, 7) is 5.79. The Balaban J connectivity index is 1.69. The summed E-state index contributed by atoms with van der Waals surface area (Å²) in [5.74, 6) is -0.604. The summed E-state index contributed by atoms with van der Waals surface area (Å²) in [7, 11) is -2.00. The third-order valence-corrected chi connectivity index (χ3v) is 8.70. The minimum atomic E-state index is -3.94. The van der Waals surface area contributed by atoms with E-state index in [9.17, 15) is 18.3 Å². The van der Waals surface area contributed by atoms with Crippen LogP contribution in [0.4, 0.5) is 5.69 Å². The van der Waals surface area contributed by atoms with Crippen LogP contribution in [0, 0.1) is 0 Å². The van der Waals surface area contributed by atoms with Crippen LogP contribution in [0.5, 0.6) is 5.75 Å². The van der Waals surface area contributed by atoms with Gasteiger partial charge in [-0.3, -0.25) is 4.79 Å². The van der Waals surface area contributed by atoms with Crippen LogP contribution in [0.3, 0.4) is 0 Å². The molecule has 2 heterocycles. The number of carbonyl (C=O) groups is 1. The Kier molecular flexibility index (Phi) is 4.47. The molecule has 5 rings (SSSR count). The number of benzene rings is 2. The Morgan fingerprint density at radius 1 is 1.09 bits per heavy atom. The lowest BCUT2D eigenvalue weighted by Gasteiger charge is -2.34. The van der Waals surface area contributed by atoms with E-state index in [0.29, 0.717) is 48.6 Å². The fourth-order valence-corrected chi connectivity index (χ4v) is 6.35. The first-order chi connectivity index (χ1) is 15.0. The number of phenolic OH excluding ortho intramolecular Hbond substituents is 1. The molecule has 1 saturated heterocycles. The van der Waals surface area contributed by atoms with Gasteiger partial charge in [-0.25, -0.2) is 8.42 Å². The smallest absolute Gasteiger partial charge is 0.246 e. The van der Waals surface area contributed by atoms with Crippen LogP contribution in [-0.2, 0) is 15.4 Å². The first kappa shape index (κ1) is 21.0. The number of fused-ring (bicyclic) bond motifs is 4. The number of ketones is 1. The molecule has 1 aromatic heterocycles. The second kappa shape index (κ2) is 6.81. The molecule has 168 valence electrons. The van der Waals surface area contributed by atoms with Gasteiger partial charge in [-0.05, 0) is 36.9 Å². The van der Waals surface area contributed by atoms with Gasteiger partial charge < -0.3 is 20.7 Å². The number of nitrogens with two attached hydrogens (primary N) is 1. The number of rotatable bonds is 2. The normalized spacial score (nSPS) is 19.2. The number of piperazine rings is 1. The molecule has 8 nitrogen and oxygen atoms in total. The molecule has 0 amide bonds. The van der Waals surface area contributed by atoms with Crippen molar-refractivity contribution < 1.29 is 18.3 Å². The minimum Gasteiger partial charge on any atom is -0.507 e. The second-order valence-electron chi connectivity index (χ2n) is 9.21. The minimum absolute atomic E-state index is 0.225. The van der Waals surface area contributed by atoms with Crippen molar-refractivity contribution in [3.8, 4) is 5.75 Å². The zero-order chi connectivity index (χ0) is 23.0. The topological polar surface area (TPSA) is 120 Å². The molecule has 9 heteroatoms. The van der Waals surface area contributed by atoms with E-state index in [2.05, 4.69) is 9.88 Å². The van der Waals surface area contributed by atoms with Gasteiger partial charge in [-0.15, -0.1) is 0 Å². The van der Waals surface area contributed by atoms with Gasteiger partial charge in [-0.1, -0.05) is 19.9 Å². The summed E-state index contributed by atoms with van der Waals surface area (Å²) < 4.78 is 28.0. The van der Waals surface area contributed by atoms with Crippen LogP contribution >= 0.6 is 0 Å². The van der Waals surface area contributed by atoms with E-state index >= 15 is 0 Å². The molecule has 0 radical (unpaired) electrons. The molecule has 0 atom stereocenters. The van der Waals surface area contributed by atoms with E-state index in [0.717, 1.165) is 16.6 Å². The number of hydrogen-bond donors (Lipinski definition) is 3. The maximum absolute atomic E-state index is 13.6. The van der Waals surface area contributed by atoms with Gasteiger partial charge in [0.25, 0.3) is 0 Å². The summed E-state index contributed by atoms with van der Waals surface area (Å²) in [5, 5.41) is 11.5. The number of likely N-dealkylation sites (N-methyl/N-ethyl adjacent to an activating group) is 1. The molecule has 0 unspecified atom stereocenters. The molecule has 32 heavy (non-hydrogen) atoms. The highest BCUT2D eigenvalue weighted by Crippen LogP contribution is 2.46. The molecule has 0 spiro atoms. The monoisotopic (exact) mass is 454 g/mol. The van der Waals surface area contributed by atoms with Crippen molar-refractivity contribution in [1.29, 1.82) is 0 Å². The van der Waals surface area contributed by atoms with Crippen molar-refractivity contribution >= 4 is 32.4 Å². The first-order valence-corrected chi connectivity index (χ1v) is 12.0. The van der Waals surface area contributed by atoms with Gasteiger partial charge >= 0.3 is 0 Å². The predicted octanol–water partition coefficient (Wildman–Crippen LogP) is 2.26. The van der Waals surface area contributed by atoms with Gasteiger partial charge in [-0.2, -0.15) is 4.31 Å². The van der Waals surface area contributed by atoms with Crippen molar-refractivity contribution in [3.63, 3.8) is 0 Å². The quantitative estimate of drug-likeness (QED) is 0.511. The van der Waals surface area contributed by atoms with Crippen LogP contribution in [0.1, 0.15) is 41.0 Å². The summed E-state index contributed by atoms with van der Waals surface area (Å²) in [4.78, 5) is 18.8. The summed E-state index contributed by atoms with van der Waals surface area (Å²) >= 11 is 0. The number of H-pyrrole nitrogens is 1. The number of aromatic hydroxyl groups is 1. The maximum Gasteiger partial charge on any atom is 0.246 e. The first-order valence-electron chi connectivity index (χ1n) is 10.5.